The number of guanidine groups is 1. The molecule has 1 aliphatic rings. The van der Waals surface area contributed by atoms with Crippen molar-refractivity contribution in [2.24, 2.45) is 4.99 Å². The molecular weight excluding hydrogens is 318 g/mol. The molecule has 0 radical (unpaired) electrons. The standard InChI is InChI=1S/C19H31N3O3/c1-5-20-18(21-13-19(23)8-10-25-11-9-19)22-15(3)16-12-14(2)6-7-17(16)24-4/h6-7,12,15,23H,5,8-11,13H2,1-4H3,(H2,20,21,22). The number of hydrogen-bond acceptors (Lipinski definition) is 4. The Morgan fingerprint density at radius 3 is 2.76 bits per heavy atom. The maximum absolute atomic E-state index is 10.6. The predicted molar refractivity (Wildman–Crippen MR) is 100 cm³/mol. The van der Waals surface area contributed by atoms with E-state index < -0.39 is 5.60 Å². The molecule has 25 heavy (non-hydrogen) atoms. The van der Waals surface area contributed by atoms with Gasteiger partial charge >= 0.3 is 0 Å². The van der Waals surface area contributed by atoms with Crippen LogP contribution in [-0.2, 0) is 4.74 Å². The van der Waals surface area contributed by atoms with Gasteiger partial charge in [-0.1, -0.05) is 17.7 Å². The quantitative estimate of drug-likeness (QED) is 0.542. The number of aryl methyl sites for hydroxylation is 1. The Morgan fingerprint density at radius 2 is 2.12 bits per heavy atom. The fourth-order valence-electron chi connectivity index (χ4n) is 2.93. The van der Waals surface area contributed by atoms with Crippen LogP contribution in [0, 0.1) is 6.92 Å². The van der Waals surface area contributed by atoms with Gasteiger partial charge in [0.05, 0.1) is 25.3 Å². The number of benzene rings is 1. The molecule has 1 aromatic carbocycles. The van der Waals surface area contributed by atoms with Gasteiger partial charge in [0, 0.05) is 38.2 Å². The largest absolute Gasteiger partial charge is 0.496 e. The SMILES string of the molecule is CCNC(=NCC1(O)CCOCC1)NC(C)c1cc(C)ccc1OC. The number of hydrogen-bond donors (Lipinski definition) is 3. The van der Waals surface area contributed by atoms with Gasteiger partial charge in [-0.25, -0.2) is 0 Å². The van der Waals surface area contributed by atoms with Crippen LogP contribution < -0.4 is 15.4 Å². The Balaban J connectivity index is 2.09. The van der Waals surface area contributed by atoms with Crippen molar-refractivity contribution < 1.29 is 14.6 Å². The highest BCUT2D eigenvalue weighted by atomic mass is 16.5. The van der Waals surface area contributed by atoms with Crippen molar-refractivity contribution in [1.82, 2.24) is 10.6 Å². The van der Waals surface area contributed by atoms with Crippen LogP contribution in [0.4, 0.5) is 0 Å². The molecule has 140 valence electrons. The Hall–Kier alpha value is -1.79. The number of nitrogens with one attached hydrogen (secondary N) is 2. The van der Waals surface area contributed by atoms with E-state index in [4.69, 9.17) is 9.47 Å². The molecule has 2 rings (SSSR count). The summed E-state index contributed by atoms with van der Waals surface area (Å²) in [5, 5.41) is 17.3. The molecule has 0 bridgehead atoms. The van der Waals surface area contributed by atoms with Crippen molar-refractivity contribution in [1.29, 1.82) is 0 Å². The predicted octanol–water partition coefficient (Wildman–Crippen LogP) is 2.16. The van der Waals surface area contributed by atoms with E-state index in [9.17, 15) is 5.11 Å². The van der Waals surface area contributed by atoms with Gasteiger partial charge in [0.15, 0.2) is 5.96 Å². The summed E-state index contributed by atoms with van der Waals surface area (Å²) < 4.78 is 10.8. The van der Waals surface area contributed by atoms with E-state index in [0.717, 1.165) is 17.9 Å². The first-order chi connectivity index (χ1) is 12.0. The van der Waals surface area contributed by atoms with Crippen LogP contribution in [0.2, 0.25) is 0 Å². The second-order valence-electron chi connectivity index (χ2n) is 6.64. The fraction of sp³-hybridized carbons (Fsp3) is 0.632. The highest BCUT2D eigenvalue weighted by Crippen LogP contribution is 2.26. The molecule has 3 N–H and O–H groups in total. The molecule has 0 saturated carbocycles. The lowest BCUT2D eigenvalue weighted by Crippen LogP contribution is -2.43. The van der Waals surface area contributed by atoms with E-state index in [2.05, 4.69) is 35.5 Å². The van der Waals surface area contributed by atoms with Gasteiger partial charge in [-0.3, -0.25) is 4.99 Å². The second kappa shape index (κ2) is 9.06. The van der Waals surface area contributed by atoms with Crippen molar-refractivity contribution in [3.63, 3.8) is 0 Å². The Morgan fingerprint density at radius 1 is 1.40 bits per heavy atom. The Bertz CT molecular complexity index is 583. The van der Waals surface area contributed by atoms with Gasteiger partial charge in [0.1, 0.15) is 5.75 Å². The van der Waals surface area contributed by atoms with Crippen LogP contribution in [0.25, 0.3) is 0 Å². The van der Waals surface area contributed by atoms with E-state index in [-0.39, 0.29) is 6.04 Å². The first-order valence-electron chi connectivity index (χ1n) is 8.97. The fourth-order valence-corrected chi connectivity index (χ4v) is 2.93. The number of methoxy groups -OCH3 is 1. The summed E-state index contributed by atoms with van der Waals surface area (Å²) in [6.45, 7) is 8.47. The van der Waals surface area contributed by atoms with Crippen LogP contribution in [0.1, 0.15) is 43.9 Å². The third-order valence-electron chi connectivity index (χ3n) is 4.50. The third-order valence-corrected chi connectivity index (χ3v) is 4.50. The molecule has 1 saturated heterocycles. The summed E-state index contributed by atoms with van der Waals surface area (Å²) in [6, 6.07) is 6.16. The molecule has 1 aliphatic heterocycles. The number of aliphatic imine (C=N–C) groups is 1. The summed E-state index contributed by atoms with van der Waals surface area (Å²) in [5.74, 6) is 1.54. The van der Waals surface area contributed by atoms with Crippen molar-refractivity contribution in [2.75, 3.05) is 33.4 Å². The molecule has 0 aromatic heterocycles. The summed E-state index contributed by atoms with van der Waals surface area (Å²) in [5.41, 5.74) is 1.49. The molecule has 1 heterocycles. The minimum atomic E-state index is -0.773. The van der Waals surface area contributed by atoms with Crippen molar-refractivity contribution in [3.05, 3.63) is 29.3 Å². The van der Waals surface area contributed by atoms with E-state index in [1.807, 2.05) is 19.1 Å². The van der Waals surface area contributed by atoms with Gasteiger partial charge in [-0.05, 0) is 26.8 Å². The lowest BCUT2D eigenvalue weighted by molar-refractivity contribution is -0.0566. The Kier molecular flexibility index (Phi) is 7.08. The van der Waals surface area contributed by atoms with Gasteiger partial charge < -0.3 is 25.2 Å². The molecule has 1 aromatic rings. The zero-order valence-corrected chi connectivity index (χ0v) is 15.8. The number of rotatable bonds is 6. The maximum atomic E-state index is 10.6. The summed E-state index contributed by atoms with van der Waals surface area (Å²) >= 11 is 0. The van der Waals surface area contributed by atoms with Crippen molar-refractivity contribution in [2.45, 2.75) is 45.3 Å². The molecule has 0 aliphatic carbocycles. The molecule has 0 spiro atoms. The van der Waals surface area contributed by atoms with Gasteiger partial charge in [0.25, 0.3) is 0 Å². The zero-order chi connectivity index (χ0) is 18.3. The zero-order valence-electron chi connectivity index (χ0n) is 15.8. The normalized spacial score (nSPS) is 18.5. The highest BCUT2D eigenvalue weighted by Gasteiger charge is 2.29. The topological polar surface area (TPSA) is 75.1 Å². The summed E-state index contributed by atoms with van der Waals surface area (Å²) in [7, 11) is 1.68. The van der Waals surface area contributed by atoms with Crippen molar-refractivity contribution >= 4 is 5.96 Å². The average molecular weight is 349 g/mol. The van der Waals surface area contributed by atoms with Gasteiger partial charge in [0.2, 0.25) is 0 Å². The second-order valence-corrected chi connectivity index (χ2v) is 6.64. The van der Waals surface area contributed by atoms with E-state index in [0.29, 0.717) is 38.6 Å². The lowest BCUT2D eigenvalue weighted by Gasteiger charge is -2.31. The van der Waals surface area contributed by atoms with E-state index >= 15 is 0 Å². The summed E-state index contributed by atoms with van der Waals surface area (Å²) in [6.07, 6.45) is 1.24. The van der Waals surface area contributed by atoms with Crippen LogP contribution in [0.5, 0.6) is 5.75 Å². The number of ether oxygens (including phenoxy) is 2. The van der Waals surface area contributed by atoms with Gasteiger partial charge in [-0.15, -0.1) is 0 Å². The van der Waals surface area contributed by atoms with E-state index in [1.165, 1.54) is 5.56 Å². The molecule has 1 fully saturated rings. The minimum Gasteiger partial charge on any atom is -0.496 e. The van der Waals surface area contributed by atoms with Crippen LogP contribution in [-0.4, -0.2) is 50.1 Å². The minimum absolute atomic E-state index is 0.0250. The summed E-state index contributed by atoms with van der Waals surface area (Å²) in [4.78, 5) is 4.60. The number of aliphatic hydroxyl groups is 1. The molecule has 1 unspecified atom stereocenters. The number of nitrogens with zero attached hydrogens (tertiary/aromatic N) is 1. The molecular formula is C19H31N3O3. The van der Waals surface area contributed by atoms with Crippen molar-refractivity contribution in [3.8, 4) is 5.75 Å². The Labute approximate surface area is 150 Å². The first-order valence-corrected chi connectivity index (χ1v) is 8.97. The lowest BCUT2D eigenvalue weighted by atomic mass is 9.95. The smallest absolute Gasteiger partial charge is 0.191 e. The van der Waals surface area contributed by atoms with Crippen LogP contribution in [0.15, 0.2) is 23.2 Å². The molecule has 1 atom stereocenters. The average Bonchev–Trinajstić information content (AvgIpc) is 2.60. The molecule has 0 amide bonds. The van der Waals surface area contributed by atoms with E-state index in [1.54, 1.807) is 7.11 Å². The molecule has 6 heteroatoms. The van der Waals surface area contributed by atoms with Crippen LogP contribution >= 0.6 is 0 Å². The first kappa shape index (κ1) is 19.5. The third kappa shape index (κ3) is 5.61. The highest BCUT2D eigenvalue weighted by molar-refractivity contribution is 5.80. The maximum Gasteiger partial charge on any atom is 0.191 e. The van der Waals surface area contributed by atoms with Gasteiger partial charge in [-0.2, -0.15) is 0 Å². The van der Waals surface area contributed by atoms with Crippen LogP contribution in [0.3, 0.4) is 0 Å². The molecule has 6 nitrogen and oxygen atoms in total. The monoisotopic (exact) mass is 349 g/mol.